The highest BCUT2D eigenvalue weighted by Gasteiger charge is 2.12. The highest BCUT2D eigenvalue weighted by molar-refractivity contribution is 5.68. The number of ether oxygens (including phenoxy) is 3. The van der Waals surface area contributed by atoms with Gasteiger partial charge in [0.2, 0.25) is 0 Å². The van der Waals surface area contributed by atoms with Crippen LogP contribution in [0.1, 0.15) is 0 Å². The van der Waals surface area contributed by atoms with Gasteiger partial charge in [0.15, 0.2) is 11.5 Å². The zero-order valence-corrected chi connectivity index (χ0v) is 10.7. The van der Waals surface area contributed by atoms with E-state index in [0.717, 1.165) is 28.6 Å². The number of hydrogen-bond acceptors (Lipinski definition) is 4. The Balaban J connectivity index is 1.87. The van der Waals surface area contributed by atoms with Crippen molar-refractivity contribution in [3.63, 3.8) is 0 Å². The molecule has 2 aromatic carbocycles. The average molecular weight is 257 g/mol. The Morgan fingerprint density at radius 1 is 1.00 bits per heavy atom. The van der Waals surface area contributed by atoms with Gasteiger partial charge in [-0.15, -0.1) is 0 Å². The van der Waals surface area contributed by atoms with Crippen molar-refractivity contribution in [3.05, 3.63) is 42.5 Å². The van der Waals surface area contributed by atoms with E-state index >= 15 is 0 Å². The van der Waals surface area contributed by atoms with Gasteiger partial charge in [-0.05, 0) is 24.3 Å². The molecule has 0 aliphatic carbocycles. The summed E-state index contributed by atoms with van der Waals surface area (Å²) in [5.41, 5.74) is 1.86. The van der Waals surface area contributed by atoms with Gasteiger partial charge < -0.3 is 19.5 Å². The Morgan fingerprint density at radius 2 is 1.79 bits per heavy atom. The van der Waals surface area contributed by atoms with Crippen LogP contribution in [0.4, 0.5) is 11.4 Å². The van der Waals surface area contributed by atoms with Gasteiger partial charge in [0.25, 0.3) is 0 Å². The first kappa shape index (κ1) is 11.7. The lowest BCUT2D eigenvalue weighted by Crippen LogP contribution is -2.15. The molecule has 0 spiro atoms. The summed E-state index contributed by atoms with van der Waals surface area (Å²) < 4.78 is 16.4. The summed E-state index contributed by atoms with van der Waals surface area (Å²) in [6.07, 6.45) is 0. The summed E-state index contributed by atoms with van der Waals surface area (Å²) >= 11 is 0. The van der Waals surface area contributed by atoms with Crippen molar-refractivity contribution in [2.24, 2.45) is 0 Å². The van der Waals surface area contributed by atoms with Gasteiger partial charge in [0.05, 0.1) is 12.8 Å². The van der Waals surface area contributed by atoms with E-state index in [9.17, 15) is 0 Å². The number of methoxy groups -OCH3 is 1. The van der Waals surface area contributed by atoms with E-state index in [0.29, 0.717) is 13.2 Å². The van der Waals surface area contributed by atoms with Crippen LogP contribution in [0.5, 0.6) is 17.2 Å². The lowest BCUT2D eigenvalue weighted by molar-refractivity contribution is 0.171. The molecule has 0 bridgehead atoms. The fourth-order valence-electron chi connectivity index (χ4n) is 2.02. The normalized spacial score (nSPS) is 12.9. The molecular weight excluding hydrogens is 242 g/mol. The van der Waals surface area contributed by atoms with E-state index in [4.69, 9.17) is 14.2 Å². The molecule has 0 fully saturated rings. The Bertz CT molecular complexity index is 583. The third-order valence-electron chi connectivity index (χ3n) is 2.93. The topological polar surface area (TPSA) is 39.7 Å². The summed E-state index contributed by atoms with van der Waals surface area (Å²) in [5.74, 6) is 2.36. The Hall–Kier alpha value is -2.36. The molecule has 19 heavy (non-hydrogen) atoms. The maximum absolute atomic E-state index is 5.56. The third-order valence-corrected chi connectivity index (χ3v) is 2.93. The summed E-state index contributed by atoms with van der Waals surface area (Å²) in [6, 6.07) is 13.6. The van der Waals surface area contributed by atoms with Crippen molar-refractivity contribution in [1.29, 1.82) is 0 Å². The lowest BCUT2D eigenvalue weighted by atomic mass is 10.2. The molecule has 1 aliphatic rings. The first-order valence-electron chi connectivity index (χ1n) is 6.16. The highest BCUT2D eigenvalue weighted by atomic mass is 16.6. The molecular formula is C15H15NO3. The van der Waals surface area contributed by atoms with Gasteiger partial charge in [-0.3, -0.25) is 0 Å². The molecule has 3 rings (SSSR count). The Morgan fingerprint density at radius 3 is 2.63 bits per heavy atom. The molecule has 0 amide bonds. The quantitative estimate of drug-likeness (QED) is 0.916. The molecule has 0 aromatic heterocycles. The molecule has 4 nitrogen and oxygen atoms in total. The van der Waals surface area contributed by atoms with Crippen LogP contribution in [0.3, 0.4) is 0 Å². The molecule has 0 radical (unpaired) electrons. The van der Waals surface area contributed by atoms with Gasteiger partial charge >= 0.3 is 0 Å². The fraction of sp³-hybridized carbons (Fsp3) is 0.200. The fourth-order valence-corrected chi connectivity index (χ4v) is 2.02. The number of anilines is 2. The van der Waals surface area contributed by atoms with Crippen LogP contribution in [0, 0.1) is 0 Å². The average Bonchev–Trinajstić information content (AvgIpc) is 2.48. The van der Waals surface area contributed by atoms with Gasteiger partial charge in [-0.25, -0.2) is 0 Å². The van der Waals surface area contributed by atoms with Crippen molar-refractivity contribution in [2.45, 2.75) is 0 Å². The smallest absolute Gasteiger partial charge is 0.163 e. The summed E-state index contributed by atoms with van der Waals surface area (Å²) in [6.45, 7) is 1.19. The van der Waals surface area contributed by atoms with E-state index in [1.54, 1.807) is 7.11 Å². The largest absolute Gasteiger partial charge is 0.495 e. The third kappa shape index (κ3) is 2.42. The van der Waals surface area contributed by atoms with Crippen molar-refractivity contribution in [3.8, 4) is 17.2 Å². The van der Waals surface area contributed by atoms with E-state index in [1.807, 2.05) is 42.5 Å². The minimum Gasteiger partial charge on any atom is -0.495 e. The lowest BCUT2D eigenvalue weighted by Gasteiger charge is -2.19. The van der Waals surface area contributed by atoms with E-state index in [1.165, 1.54) is 0 Å². The van der Waals surface area contributed by atoms with Gasteiger partial charge in [0, 0.05) is 11.8 Å². The SMILES string of the molecule is COc1ccccc1Nc1ccc2c(c1)OCCO2. The molecule has 1 heterocycles. The van der Waals surface area contributed by atoms with Gasteiger partial charge in [-0.1, -0.05) is 12.1 Å². The number of benzene rings is 2. The van der Waals surface area contributed by atoms with Crippen molar-refractivity contribution in [2.75, 3.05) is 25.6 Å². The Kier molecular flexibility index (Phi) is 3.14. The number of para-hydroxylation sites is 2. The van der Waals surface area contributed by atoms with E-state index in [-0.39, 0.29) is 0 Å². The second-order valence-electron chi connectivity index (χ2n) is 4.18. The molecule has 0 atom stereocenters. The van der Waals surface area contributed by atoms with Crippen molar-refractivity contribution < 1.29 is 14.2 Å². The zero-order valence-electron chi connectivity index (χ0n) is 10.7. The molecule has 98 valence electrons. The zero-order chi connectivity index (χ0) is 13.1. The number of fused-ring (bicyclic) bond motifs is 1. The predicted octanol–water partition coefficient (Wildman–Crippen LogP) is 3.21. The first-order chi connectivity index (χ1) is 9.36. The molecule has 0 unspecified atom stereocenters. The molecule has 2 aromatic rings. The number of hydrogen-bond donors (Lipinski definition) is 1. The second-order valence-corrected chi connectivity index (χ2v) is 4.18. The summed E-state index contributed by atoms with van der Waals surface area (Å²) in [5, 5.41) is 3.31. The van der Waals surface area contributed by atoms with E-state index < -0.39 is 0 Å². The van der Waals surface area contributed by atoms with Crippen LogP contribution in [-0.4, -0.2) is 20.3 Å². The minimum atomic E-state index is 0.588. The van der Waals surface area contributed by atoms with Crippen LogP contribution >= 0.6 is 0 Å². The van der Waals surface area contributed by atoms with Crippen molar-refractivity contribution >= 4 is 11.4 Å². The summed E-state index contributed by atoms with van der Waals surface area (Å²) in [7, 11) is 1.66. The monoisotopic (exact) mass is 257 g/mol. The maximum Gasteiger partial charge on any atom is 0.163 e. The molecule has 0 saturated heterocycles. The van der Waals surface area contributed by atoms with Crippen LogP contribution in [0.2, 0.25) is 0 Å². The number of nitrogens with one attached hydrogen (secondary N) is 1. The van der Waals surface area contributed by atoms with Crippen LogP contribution in [0.25, 0.3) is 0 Å². The van der Waals surface area contributed by atoms with Gasteiger partial charge in [-0.2, -0.15) is 0 Å². The van der Waals surface area contributed by atoms with Crippen LogP contribution < -0.4 is 19.5 Å². The first-order valence-corrected chi connectivity index (χ1v) is 6.16. The van der Waals surface area contributed by atoms with Gasteiger partial charge in [0.1, 0.15) is 19.0 Å². The predicted molar refractivity (Wildman–Crippen MR) is 73.7 cm³/mol. The Labute approximate surface area is 111 Å². The second kappa shape index (κ2) is 5.10. The number of rotatable bonds is 3. The molecule has 4 heteroatoms. The van der Waals surface area contributed by atoms with Crippen molar-refractivity contribution in [1.82, 2.24) is 0 Å². The highest BCUT2D eigenvalue weighted by Crippen LogP contribution is 2.35. The van der Waals surface area contributed by atoms with E-state index in [2.05, 4.69) is 5.32 Å². The molecule has 1 aliphatic heterocycles. The van der Waals surface area contributed by atoms with Crippen LogP contribution in [0.15, 0.2) is 42.5 Å². The van der Waals surface area contributed by atoms with Crippen LogP contribution in [-0.2, 0) is 0 Å². The summed E-state index contributed by atoms with van der Waals surface area (Å²) in [4.78, 5) is 0. The molecule has 0 saturated carbocycles. The minimum absolute atomic E-state index is 0.588. The maximum atomic E-state index is 5.56. The molecule has 1 N–H and O–H groups in total. The standard InChI is InChI=1S/C15H15NO3/c1-17-13-5-3-2-4-12(13)16-11-6-7-14-15(10-11)19-9-8-18-14/h2-7,10,16H,8-9H2,1H3.